The topological polar surface area (TPSA) is 86.8 Å². The number of halogens is 2. The summed E-state index contributed by atoms with van der Waals surface area (Å²) in [5.41, 5.74) is 2.82. The first-order chi connectivity index (χ1) is 18.5. The van der Waals surface area contributed by atoms with Crippen LogP contribution in [0.15, 0.2) is 72.8 Å². The van der Waals surface area contributed by atoms with E-state index in [4.69, 9.17) is 23.2 Å². The number of rotatable bonds is 12. The maximum atomic E-state index is 14.0. The van der Waals surface area contributed by atoms with Crippen LogP contribution in [0.25, 0.3) is 0 Å². The van der Waals surface area contributed by atoms with Crippen molar-refractivity contribution < 1.29 is 18.0 Å². The summed E-state index contributed by atoms with van der Waals surface area (Å²) in [5.74, 6) is -0.849. The average Bonchev–Trinajstić information content (AvgIpc) is 2.88. The van der Waals surface area contributed by atoms with Gasteiger partial charge in [0.2, 0.25) is 21.8 Å². The molecule has 39 heavy (non-hydrogen) atoms. The molecule has 10 heteroatoms. The summed E-state index contributed by atoms with van der Waals surface area (Å²) in [6.45, 7) is 3.91. The van der Waals surface area contributed by atoms with Crippen LogP contribution in [0, 0.1) is 6.92 Å². The van der Waals surface area contributed by atoms with Crippen LogP contribution in [-0.2, 0) is 32.6 Å². The highest BCUT2D eigenvalue weighted by Gasteiger charge is 2.33. The van der Waals surface area contributed by atoms with Crippen molar-refractivity contribution in [2.75, 3.05) is 23.7 Å². The molecule has 2 amide bonds. The van der Waals surface area contributed by atoms with E-state index in [1.165, 1.54) is 23.1 Å². The number of aryl methyl sites for hydroxylation is 1. The summed E-state index contributed by atoms with van der Waals surface area (Å²) >= 11 is 12.4. The number of benzene rings is 3. The Morgan fingerprint density at radius 2 is 1.64 bits per heavy atom. The molecule has 0 aliphatic rings. The first kappa shape index (κ1) is 30.5. The second-order valence-corrected chi connectivity index (χ2v) is 12.1. The van der Waals surface area contributed by atoms with E-state index in [1.807, 2.05) is 68.4 Å². The number of carbonyl (C=O) groups is 2. The van der Waals surface area contributed by atoms with Gasteiger partial charge in [0.15, 0.2) is 0 Å². The minimum atomic E-state index is -3.92. The monoisotopic (exact) mass is 589 g/mol. The molecule has 3 rings (SSSR count). The molecule has 0 spiro atoms. The molecule has 0 aliphatic carbocycles. The van der Waals surface area contributed by atoms with Crippen LogP contribution >= 0.6 is 23.2 Å². The van der Waals surface area contributed by atoms with Crippen LogP contribution in [0.5, 0.6) is 0 Å². The van der Waals surface area contributed by atoms with Crippen LogP contribution in [0.4, 0.5) is 5.69 Å². The predicted molar refractivity (Wildman–Crippen MR) is 158 cm³/mol. The molecule has 0 radical (unpaired) electrons. The molecule has 1 N–H and O–H groups in total. The van der Waals surface area contributed by atoms with Gasteiger partial charge in [-0.05, 0) is 42.7 Å². The summed E-state index contributed by atoms with van der Waals surface area (Å²) in [4.78, 5) is 29.0. The van der Waals surface area contributed by atoms with Crippen molar-refractivity contribution >= 4 is 50.7 Å². The maximum Gasteiger partial charge on any atom is 0.244 e. The molecule has 3 aromatic carbocycles. The van der Waals surface area contributed by atoms with Gasteiger partial charge >= 0.3 is 0 Å². The van der Waals surface area contributed by atoms with Gasteiger partial charge in [-0.3, -0.25) is 13.9 Å². The lowest BCUT2D eigenvalue weighted by Gasteiger charge is -2.33. The number of carbonyl (C=O) groups excluding carboxylic acids is 2. The van der Waals surface area contributed by atoms with Gasteiger partial charge in [-0.25, -0.2) is 8.42 Å². The van der Waals surface area contributed by atoms with Gasteiger partial charge in [0, 0.05) is 24.5 Å². The minimum Gasteiger partial charge on any atom is -0.354 e. The van der Waals surface area contributed by atoms with Crippen molar-refractivity contribution in [1.29, 1.82) is 0 Å². The molecular weight excluding hydrogens is 557 g/mol. The summed E-state index contributed by atoms with van der Waals surface area (Å²) in [6.07, 6.45) is 1.99. The molecule has 0 aliphatic heterocycles. The Balaban J connectivity index is 2.06. The number of nitrogens with one attached hydrogen (secondary N) is 1. The second-order valence-electron chi connectivity index (χ2n) is 9.37. The molecule has 3 aromatic rings. The normalized spacial score (nSPS) is 12.0. The Bertz CT molecular complexity index is 1400. The van der Waals surface area contributed by atoms with Crippen molar-refractivity contribution in [2.45, 2.75) is 39.3 Å². The van der Waals surface area contributed by atoms with Crippen molar-refractivity contribution in [1.82, 2.24) is 10.2 Å². The Hall–Kier alpha value is -3.07. The number of amides is 2. The standard InChI is InChI=1S/C29H33Cl2N3O4S/c1-4-15-32-29(36)27(17-22-10-6-5-7-11-22)33(19-23-12-8-9-21(2)16-23)28(35)20-34(39(3,37)38)26-14-13-24(30)18-25(26)31/h5-14,16,18,27H,4,15,17,19-20H2,1-3H3,(H,32,36)/t27-/m0/s1. The summed E-state index contributed by atoms with van der Waals surface area (Å²) < 4.78 is 26.6. The fourth-order valence-corrected chi connectivity index (χ4v) is 5.63. The van der Waals surface area contributed by atoms with Gasteiger partial charge in [-0.1, -0.05) is 90.3 Å². The van der Waals surface area contributed by atoms with Crippen molar-refractivity contribution in [3.63, 3.8) is 0 Å². The van der Waals surface area contributed by atoms with E-state index in [9.17, 15) is 18.0 Å². The minimum absolute atomic E-state index is 0.0903. The van der Waals surface area contributed by atoms with E-state index in [0.29, 0.717) is 11.6 Å². The molecule has 208 valence electrons. The maximum absolute atomic E-state index is 14.0. The quantitative estimate of drug-likeness (QED) is 0.313. The smallest absolute Gasteiger partial charge is 0.244 e. The highest BCUT2D eigenvalue weighted by atomic mass is 35.5. The fourth-order valence-electron chi connectivity index (χ4n) is 4.21. The number of nitrogens with zero attached hydrogens (tertiary/aromatic N) is 2. The summed E-state index contributed by atoms with van der Waals surface area (Å²) in [7, 11) is -3.92. The van der Waals surface area contributed by atoms with E-state index in [2.05, 4.69) is 5.32 Å². The van der Waals surface area contributed by atoms with Gasteiger partial charge in [-0.15, -0.1) is 0 Å². The fraction of sp³-hybridized carbons (Fsp3) is 0.310. The number of hydrogen-bond donors (Lipinski definition) is 1. The van der Waals surface area contributed by atoms with Crippen LogP contribution in [0.1, 0.15) is 30.0 Å². The molecule has 0 aromatic heterocycles. The van der Waals surface area contributed by atoms with Crippen molar-refractivity contribution in [3.05, 3.63) is 99.5 Å². The average molecular weight is 591 g/mol. The van der Waals surface area contributed by atoms with E-state index >= 15 is 0 Å². The molecule has 1 atom stereocenters. The van der Waals surface area contributed by atoms with E-state index in [1.54, 1.807) is 0 Å². The first-order valence-electron chi connectivity index (χ1n) is 12.6. The summed E-state index contributed by atoms with van der Waals surface area (Å²) in [6, 6.07) is 20.6. The lowest BCUT2D eigenvalue weighted by molar-refractivity contribution is -0.140. The number of anilines is 1. The SMILES string of the molecule is CCCNC(=O)[C@H](Cc1ccccc1)N(Cc1cccc(C)c1)C(=O)CN(c1ccc(Cl)cc1Cl)S(C)(=O)=O. The third kappa shape index (κ3) is 8.71. The van der Waals surface area contributed by atoms with E-state index in [0.717, 1.165) is 33.7 Å². The van der Waals surface area contributed by atoms with Gasteiger partial charge < -0.3 is 10.2 Å². The largest absolute Gasteiger partial charge is 0.354 e. The zero-order valence-electron chi connectivity index (χ0n) is 22.2. The summed E-state index contributed by atoms with van der Waals surface area (Å²) in [5, 5.41) is 3.34. The van der Waals surface area contributed by atoms with Crippen LogP contribution < -0.4 is 9.62 Å². The Labute approximate surface area is 240 Å². The first-order valence-corrected chi connectivity index (χ1v) is 15.2. The highest BCUT2D eigenvalue weighted by Crippen LogP contribution is 2.30. The van der Waals surface area contributed by atoms with Gasteiger partial charge in [0.1, 0.15) is 12.6 Å². The third-order valence-corrected chi connectivity index (χ3v) is 7.78. The lowest BCUT2D eigenvalue weighted by atomic mass is 10.0. The lowest BCUT2D eigenvalue weighted by Crippen LogP contribution is -2.53. The van der Waals surface area contributed by atoms with Gasteiger partial charge in [0.05, 0.1) is 17.0 Å². The number of sulfonamides is 1. The van der Waals surface area contributed by atoms with Crippen molar-refractivity contribution in [3.8, 4) is 0 Å². The van der Waals surface area contributed by atoms with E-state index < -0.39 is 28.5 Å². The Morgan fingerprint density at radius 3 is 2.26 bits per heavy atom. The highest BCUT2D eigenvalue weighted by molar-refractivity contribution is 7.92. The third-order valence-electron chi connectivity index (χ3n) is 6.11. The molecule has 0 heterocycles. The molecular formula is C29H33Cl2N3O4S. The van der Waals surface area contributed by atoms with Crippen LogP contribution in [0.3, 0.4) is 0 Å². The van der Waals surface area contributed by atoms with E-state index in [-0.39, 0.29) is 29.6 Å². The number of hydrogen-bond acceptors (Lipinski definition) is 4. The molecule has 7 nitrogen and oxygen atoms in total. The zero-order chi connectivity index (χ0) is 28.6. The Kier molecular flexibility index (Phi) is 10.8. The predicted octanol–water partition coefficient (Wildman–Crippen LogP) is 5.23. The second kappa shape index (κ2) is 13.8. The Morgan fingerprint density at radius 1 is 0.949 bits per heavy atom. The molecule has 0 saturated heterocycles. The van der Waals surface area contributed by atoms with Crippen LogP contribution in [0.2, 0.25) is 10.0 Å². The zero-order valence-corrected chi connectivity index (χ0v) is 24.6. The van der Waals surface area contributed by atoms with Crippen molar-refractivity contribution in [2.24, 2.45) is 0 Å². The molecule has 0 fully saturated rings. The van der Waals surface area contributed by atoms with Gasteiger partial charge in [0.25, 0.3) is 0 Å². The molecule has 0 saturated carbocycles. The van der Waals surface area contributed by atoms with Crippen LogP contribution in [-0.4, -0.2) is 50.5 Å². The molecule has 0 unspecified atom stereocenters. The molecule has 0 bridgehead atoms. The van der Waals surface area contributed by atoms with Gasteiger partial charge in [-0.2, -0.15) is 0 Å².